The number of sulfonamides is 1. The molecule has 0 saturated carbocycles. The molecule has 1 amide bonds. The monoisotopic (exact) mass is 334 g/mol. The van der Waals surface area contributed by atoms with Gasteiger partial charge in [0.15, 0.2) is 0 Å². The van der Waals surface area contributed by atoms with Gasteiger partial charge in [-0.25, -0.2) is 12.7 Å². The van der Waals surface area contributed by atoms with Crippen molar-refractivity contribution in [1.29, 1.82) is 0 Å². The maximum atomic E-state index is 12.6. The summed E-state index contributed by atoms with van der Waals surface area (Å²) in [6, 6.07) is 10.8. The Morgan fingerprint density at radius 3 is 2.74 bits per heavy atom. The molecule has 1 aliphatic rings. The van der Waals surface area contributed by atoms with E-state index in [0.29, 0.717) is 24.3 Å². The third-order valence-corrected chi connectivity index (χ3v) is 6.21. The number of rotatable bonds is 4. The highest BCUT2D eigenvalue weighted by molar-refractivity contribution is 7.90. The lowest BCUT2D eigenvalue weighted by atomic mass is 10.1. The quantitative estimate of drug-likeness (QED) is 0.856. The number of hydrogen-bond donors (Lipinski definition) is 0. The predicted octanol–water partition coefficient (Wildman–Crippen LogP) is 2.22. The van der Waals surface area contributed by atoms with Gasteiger partial charge >= 0.3 is 0 Å². The minimum Gasteiger partial charge on any atom is -0.361 e. The van der Waals surface area contributed by atoms with Crippen LogP contribution in [-0.2, 0) is 21.2 Å². The average Bonchev–Trinajstić information content (AvgIpc) is 3.08. The molecule has 3 rings (SSSR count). The Kier molecular flexibility index (Phi) is 4.21. The molecule has 1 fully saturated rings. The third kappa shape index (κ3) is 3.14. The highest BCUT2D eigenvalue weighted by atomic mass is 32.2. The van der Waals surface area contributed by atoms with E-state index in [1.54, 1.807) is 25.1 Å². The Hall–Kier alpha value is -2.15. The first kappa shape index (κ1) is 15.7. The summed E-state index contributed by atoms with van der Waals surface area (Å²) < 4.78 is 31.2. The molecule has 1 saturated heterocycles. The van der Waals surface area contributed by atoms with Gasteiger partial charge in [-0.15, -0.1) is 0 Å². The molecular weight excluding hydrogens is 316 g/mol. The highest BCUT2D eigenvalue weighted by Crippen LogP contribution is 2.35. The predicted molar refractivity (Wildman–Crippen MR) is 84.0 cm³/mol. The molecule has 1 atom stereocenters. The van der Waals surface area contributed by atoms with E-state index in [-0.39, 0.29) is 18.9 Å². The molecule has 0 spiro atoms. The number of carbonyl (C=O) groups is 1. The van der Waals surface area contributed by atoms with E-state index in [4.69, 9.17) is 4.52 Å². The van der Waals surface area contributed by atoms with Crippen LogP contribution in [-0.4, -0.2) is 30.3 Å². The number of hydrogen-bond acceptors (Lipinski definition) is 5. The molecule has 7 heteroatoms. The number of amides is 1. The van der Waals surface area contributed by atoms with Gasteiger partial charge < -0.3 is 4.52 Å². The second-order valence-corrected chi connectivity index (χ2v) is 7.67. The van der Waals surface area contributed by atoms with E-state index in [2.05, 4.69) is 5.16 Å². The first-order valence-electron chi connectivity index (χ1n) is 7.50. The lowest BCUT2D eigenvalue weighted by molar-refractivity contribution is -0.126. The molecule has 2 heterocycles. The highest BCUT2D eigenvalue weighted by Gasteiger charge is 2.42. The summed E-state index contributed by atoms with van der Waals surface area (Å²) in [6.45, 7) is 2.01. The van der Waals surface area contributed by atoms with Crippen molar-refractivity contribution in [3.05, 3.63) is 53.4 Å². The van der Waals surface area contributed by atoms with Crippen LogP contribution < -0.4 is 0 Å². The van der Waals surface area contributed by atoms with E-state index >= 15 is 0 Å². The molecule has 0 radical (unpaired) electrons. The fourth-order valence-electron chi connectivity index (χ4n) is 2.83. The molecule has 122 valence electrons. The maximum absolute atomic E-state index is 12.6. The van der Waals surface area contributed by atoms with Crippen molar-refractivity contribution in [2.75, 3.05) is 6.54 Å². The van der Waals surface area contributed by atoms with Gasteiger partial charge in [-0.3, -0.25) is 4.79 Å². The number of carbonyl (C=O) groups excluding carboxylic acids is 1. The van der Waals surface area contributed by atoms with Crippen LogP contribution in [0.2, 0.25) is 0 Å². The van der Waals surface area contributed by atoms with Gasteiger partial charge in [0.05, 0.1) is 5.69 Å². The van der Waals surface area contributed by atoms with Gasteiger partial charge in [0, 0.05) is 25.5 Å². The summed E-state index contributed by atoms with van der Waals surface area (Å²) >= 11 is 0. The summed E-state index contributed by atoms with van der Waals surface area (Å²) in [5.41, 5.74) is 1.39. The second-order valence-electron chi connectivity index (χ2n) is 5.63. The molecule has 1 aliphatic heterocycles. The van der Waals surface area contributed by atoms with E-state index in [9.17, 15) is 13.2 Å². The first-order valence-corrected chi connectivity index (χ1v) is 9.00. The van der Waals surface area contributed by atoms with Crippen LogP contribution in [0, 0.1) is 6.92 Å². The van der Waals surface area contributed by atoms with E-state index < -0.39 is 15.3 Å². The van der Waals surface area contributed by atoms with Crippen molar-refractivity contribution in [2.45, 2.75) is 31.4 Å². The van der Waals surface area contributed by atoms with Gasteiger partial charge in [-0.1, -0.05) is 35.5 Å². The summed E-state index contributed by atoms with van der Waals surface area (Å²) in [6.07, 6.45) is 0.909. The lowest BCUT2D eigenvalue weighted by Gasteiger charge is -2.17. The minimum atomic E-state index is -3.64. The molecule has 1 unspecified atom stereocenters. The largest absolute Gasteiger partial charge is 0.361 e. The van der Waals surface area contributed by atoms with Crippen molar-refractivity contribution in [3.63, 3.8) is 0 Å². The Labute approximate surface area is 135 Å². The lowest BCUT2D eigenvalue weighted by Crippen LogP contribution is -2.33. The molecule has 0 bridgehead atoms. The van der Waals surface area contributed by atoms with Gasteiger partial charge in [0.25, 0.3) is 0 Å². The molecule has 1 aromatic carbocycles. The summed E-state index contributed by atoms with van der Waals surface area (Å²) in [5, 5.41) is 3.18. The molecule has 23 heavy (non-hydrogen) atoms. The zero-order chi connectivity index (χ0) is 16.4. The number of aryl methyl sites for hydroxylation is 2. The molecule has 2 aromatic rings. The Balaban J connectivity index is 1.70. The first-order chi connectivity index (χ1) is 11.0. The number of aromatic nitrogens is 1. The fraction of sp³-hybridized carbons (Fsp3) is 0.375. The number of nitrogens with zero attached hydrogens (tertiary/aromatic N) is 2. The number of benzene rings is 1. The van der Waals surface area contributed by atoms with Crippen molar-refractivity contribution in [2.24, 2.45) is 0 Å². The molecule has 1 aromatic heterocycles. The van der Waals surface area contributed by atoms with Crippen molar-refractivity contribution >= 4 is 15.9 Å². The normalized spacial score (nSPS) is 19.9. The average molecular weight is 334 g/mol. The fourth-order valence-corrected chi connectivity index (χ4v) is 4.78. The summed E-state index contributed by atoms with van der Waals surface area (Å²) in [7, 11) is -3.64. The van der Waals surface area contributed by atoms with Crippen molar-refractivity contribution in [1.82, 2.24) is 9.46 Å². The second kappa shape index (κ2) is 6.16. The van der Waals surface area contributed by atoms with Gasteiger partial charge in [-0.2, -0.15) is 0 Å². The van der Waals surface area contributed by atoms with Crippen molar-refractivity contribution < 1.29 is 17.7 Å². The zero-order valence-electron chi connectivity index (χ0n) is 12.8. The van der Waals surface area contributed by atoms with E-state index in [0.717, 1.165) is 9.87 Å². The third-order valence-electron chi connectivity index (χ3n) is 3.98. The molecule has 0 N–H and O–H groups in total. The molecule has 0 aliphatic carbocycles. The topological polar surface area (TPSA) is 80.5 Å². The Morgan fingerprint density at radius 2 is 2.09 bits per heavy atom. The minimum absolute atomic E-state index is 0.104. The molecule has 6 nitrogen and oxygen atoms in total. The summed E-state index contributed by atoms with van der Waals surface area (Å²) in [5.74, 6) is 0.287. The standard InChI is InChI=1S/C16H18N2O4S/c1-12-11-14(17-22-12)7-8-16(19)18-10-9-15(23(18,20)21)13-5-3-2-4-6-13/h2-6,11,15H,7-10H2,1H3. The van der Waals surface area contributed by atoms with Gasteiger partial charge in [-0.05, 0) is 18.9 Å². The smallest absolute Gasteiger partial charge is 0.244 e. The van der Waals surface area contributed by atoms with Crippen molar-refractivity contribution in [3.8, 4) is 0 Å². The maximum Gasteiger partial charge on any atom is 0.244 e. The van der Waals surface area contributed by atoms with Crippen LogP contribution in [0.25, 0.3) is 0 Å². The van der Waals surface area contributed by atoms with Crippen LogP contribution in [0.15, 0.2) is 40.9 Å². The van der Waals surface area contributed by atoms with E-state index in [1.807, 2.05) is 18.2 Å². The van der Waals surface area contributed by atoms with Gasteiger partial charge in [0.2, 0.25) is 15.9 Å². The Morgan fingerprint density at radius 1 is 1.35 bits per heavy atom. The van der Waals surface area contributed by atoms with Crippen LogP contribution >= 0.6 is 0 Å². The Bertz CT molecular complexity index is 798. The zero-order valence-corrected chi connectivity index (χ0v) is 13.6. The van der Waals surface area contributed by atoms with Crippen LogP contribution in [0.4, 0.5) is 0 Å². The van der Waals surface area contributed by atoms with Crippen LogP contribution in [0.3, 0.4) is 0 Å². The SMILES string of the molecule is Cc1cc(CCC(=O)N2CCC(c3ccccc3)S2(=O)=O)no1. The van der Waals surface area contributed by atoms with Crippen LogP contribution in [0.5, 0.6) is 0 Å². The molecular formula is C16H18N2O4S. The van der Waals surface area contributed by atoms with E-state index in [1.165, 1.54) is 0 Å². The summed E-state index contributed by atoms with van der Waals surface area (Å²) in [4.78, 5) is 12.3. The van der Waals surface area contributed by atoms with Crippen LogP contribution in [0.1, 0.15) is 35.1 Å². The van der Waals surface area contributed by atoms with Gasteiger partial charge in [0.1, 0.15) is 11.0 Å².